The highest BCUT2D eigenvalue weighted by atomic mass is 16.5. The second-order valence-corrected chi connectivity index (χ2v) is 4.99. The van der Waals surface area contributed by atoms with Crippen molar-refractivity contribution >= 4 is 5.97 Å². The zero-order valence-electron chi connectivity index (χ0n) is 9.99. The van der Waals surface area contributed by atoms with Gasteiger partial charge in [-0.1, -0.05) is 0 Å². The number of hydrogen-bond donors (Lipinski definition) is 1. The highest BCUT2D eigenvalue weighted by Crippen LogP contribution is 2.29. The molecule has 1 N–H and O–H groups in total. The number of rotatable bonds is 4. The molecule has 0 aromatic rings. The van der Waals surface area contributed by atoms with Gasteiger partial charge in [0.25, 0.3) is 0 Å². The zero-order valence-corrected chi connectivity index (χ0v) is 9.99. The van der Waals surface area contributed by atoms with Gasteiger partial charge in [0.1, 0.15) is 6.04 Å². The van der Waals surface area contributed by atoms with Crippen molar-refractivity contribution in [3.8, 4) is 0 Å². The van der Waals surface area contributed by atoms with Crippen molar-refractivity contribution < 1.29 is 14.6 Å². The van der Waals surface area contributed by atoms with Gasteiger partial charge in [0.2, 0.25) is 0 Å². The highest BCUT2D eigenvalue weighted by molar-refractivity contribution is 5.72. The molecule has 0 aliphatic carbocycles. The number of carboxylic acids is 1. The maximum absolute atomic E-state index is 10.8. The maximum atomic E-state index is 10.8. The SMILES string of the molecule is CC(C(=O)O)N(C)CC1CCC(C)(C)O1. The predicted octanol–water partition coefficient (Wildman–Crippen LogP) is 1.35. The molecule has 0 saturated carbocycles. The van der Waals surface area contributed by atoms with E-state index < -0.39 is 12.0 Å². The number of nitrogens with zero attached hydrogens (tertiary/aromatic N) is 1. The quantitative estimate of drug-likeness (QED) is 0.769. The van der Waals surface area contributed by atoms with Gasteiger partial charge in [0.15, 0.2) is 0 Å². The normalized spacial score (nSPS) is 26.9. The van der Waals surface area contributed by atoms with Crippen LogP contribution in [-0.4, -0.2) is 47.3 Å². The van der Waals surface area contributed by atoms with Crippen molar-refractivity contribution in [3.05, 3.63) is 0 Å². The number of carbonyl (C=O) groups is 1. The Hall–Kier alpha value is -0.610. The first-order chi connectivity index (χ1) is 6.82. The molecule has 1 aliphatic rings. The van der Waals surface area contributed by atoms with E-state index in [2.05, 4.69) is 13.8 Å². The molecule has 2 atom stereocenters. The lowest BCUT2D eigenvalue weighted by Gasteiger charge is -2.26. The average molecular weight is 215 g/mol. The zero-order chi connectivity index (χ0) is 11.6. The van der Waals surface area contributed by atoms with Crippen molar-refractivity contribution in [2.75, 3.05) is 13.6 Å². The summed E-state index contributed by atoms with van der Waals surface area (Å²) in [6, 6.07) is -0.447. The van der Waals surface area contributed by atoms with Crippen LogP contribution in [0.15, 0.2) is 0 Å². The predicted molar refractivity (Wildman–Crippen MR) is 57.9 cm³/mol. The molecule has 1 aliphatic heterocycles. The lowest BCUT2D eigenvalue weighted by molar-refractivity contribution is -0.142. The molecule has 0 aromatic carbocycles. The first-order valence-corrected chi connectivity index (χ1v) is 5.43. The first kappa shape index (κ1) is 12.5. The Labute approximate surface area is 91.2 Å². The van der Waals surface area contributed by atoms with Crippen LogP contribution in [0.5, 0.6) is 0 Å². The topological polar surface area (TPSA) is 49.8 Å². The van der Waals surface area contributed by atoms with Crippen LogP contribution < -0.4 is 0 Å². The molecule has 2 unspecified atom stereocenters. The third-order valence-electron chi connectivity index (χ3n) is 3.06. The van der Waals surface area contributed by atoms with E-state index in [0.29, 0.717) is 6.54 Å². The molecule has 0 spiro atoms. The monoisotopic (exact) mass is 215 g/mol. The van der Waals surface area contributed by atoms with Crippen LogP contribution in [0.4, 0.5) is 0 Å². The number of aliphatic carboxylic acids is 1. The third-order valence-corrected chi connectivity index (χ3v) is 3.06. The molecular formula is C11H21NO3. The van der Waals surface area contributed by atoms with Crippen molar-refractivity contribution in [2.24, 2.45) is 0 Å². The van der Waals surface area contributed by atoms with Gasteiger partial charge in [-0.2, -0.15) is 0 Å². The summed E-state index contributed by atoms with van der Waals surface area (Å²) in [6.45, 7) is 6.54. The van der Waals surface area contributed by atoms with Crippen molar-refractivity contribution in [1.29, 1.82) is 0 Å². The summed E-state index contributed by atoms with van der Waals surface area (Å²) in [4.78, 5) is 12.6. The minimum Gasteiger partial charge on any atom is -0.480 e. The molecule has 88 valence electrons. The van der Waals surface area contributed by atoms with Gasteiger partial charge in [-0.3, -0.25) is 9.69 Å². The van der Waals surface area contributed by atoms with Crippen LogP contribution in [0.25, 0.3) is 0 Å². The summed E-state index contributed by atoms with van der Waals surface area (Å²) in [5.41, 5.74) is -0.0437. The fraction of sp³-hybridized carbons (Fsp3) is 0.909. The molecule has 4 nitrogen and oxygen atoms in total. The first-order valence-electron chi connectivity index (χ1n) is 5.43. The molecule has 0 amide bonds. The average Bonchev–Trinajstić information content (AvgIpc) is 2.43. The van der Waals surface area contributed by atoms with Gasteiger partial charge in [0.05, 0.1) is 11.7 Å². The van der Waals surface area contributed by atoms with E-state index in [1.165, 1.54) is 0 Å². The second-order valence-electron chi connectivity index (χ2n) is 4.99. The molecule has 0 bridgehead atoms. The largest absolute Gasteiger partial charge is 0.480 e. The van der Waals surface area contributed by atoms with Gasteiger partial charge in [0, 0.05) is 6.54 Å². The van der Waals surface area contributed by atoms with Crippen molar-refractivity contribution in [1.82, 2.24) is 4.90 Å². The van der Waals surface area contributed by atoms with Gasteiger partial charge in [-0.05, 0) is 40.7 Å². The summed E-state index contributed by atoms with van der Waals surface area (Å²) in [6.07, 6.45) is 2.24. The minimum absolute atomic E-state index is 0.0437. The van der Waals surface area contributed by atoms with E-state index >= 15 is 0 Å². The lowest BCUT2D eigenvalue weighted by atomic mass is 10.1. The Balaban J connectivity index is 2.40. The van der Waals surface area contributed by atoms with E-state index in [1.54, 1.807) is 6.92 Å². The van der Waals surface area contributed by atoms with Crippen molar-refractivity contribution in [3.63, 3.8) is 0 Å². The van der Waals surface area contributed by atoms with Crippen LogP contribution in [0.1, 0.15) is 33.6 Å². The minimum atomic E-state index is -0.783. The molecule has 4 heteroatoms. The summed E-state index contributed by atoms with van der Waals surface area (Å²) in [5, 5.41) is 8.85. The van der Waals surface area contributed by atoms with E-state index in [4.69, 9.17) is 9.84 Å². The number of ether oxygens (including phenoxy) is 1. The number of carboxylic acid groups (broad SMARTS) is 1. The summed E-state index contributed by atoms with van der Waals surface area (Å²) in [5.74, 6) is -0.783. The van der Waals surface area contributed by atoms with E-state index in [0.717, 1.165) is 12.8 Å². The Morgan fingerprint density at radius 3 is 2.67 bits per heavy atom. The van der Waals surface area contributed by atoms with Crippen LogP contribution in [0.3, 0.4) is 0 Å². The fourth-order valence-electron chi connectivity index (χ4n) is 1.87. The Bertz CT molecular complexity index is 240. The Morgan fingerprint density at radius 2 is 2.27 bits per heavy atom. The second kappa shape index (κ2) is 4.49. The fourth-order valence-corrected chi connectivity index (χ4v) is 1.87. The lowest BCUT2D eigenvalue weighted by Crippen LogP contribution is -2.40. The molecule has 1 saturated heterocycles. The molecule has 0 radical (unpaired) electrons. The molecule has 1 rings (SSSR count). The highest BCUT2D eigenvalue weighted by Gasteiger charge is 2.33. The van der Waals surface area contributed by atoms with Crippen molar-refractivity contribution in [2.45, 2.75) is 51.4 Å². The van der Waals surface area contributed by atoms with Crippen LogP contribution in [-0.2, 0) is 9.53 Å². The summed E-state index contributed by atoms with van der Waals surface area (Å²) < 4.78 is 5.81. The molecule has 1 fully saturated rings. The van der Waals surface area contributed by atoms with Gasteiger partial charge in [-0.25, -0.2) is 0 Å². The van der Waals surface area contributed by atoms with Crippen LogP contribution in [0, 0.1) is 0 Å². The van der Waals surface area contributed by atoms with E-state index in [9.17, 15) is 4.79 Å². The van der Waals surface area contributed by atoms with Gasteiger partial charge >= 0.3 is 5.97 Å². The summed E-state index contributed by atoms with van der Waals surface area (Å²) >= 11 is 0. The summed E-state index contributed by atoms with van der Waals surface area (Å²) in [7, 11) is 1.83. The maximum Gasteiger partial charge on any atom is 0.320 e. The van der Waals surface area contributed by atoms with Gasteiger partial charge < -0.3 is 9.84 Å². The van der Waals surface area contributed by atoms with E-state index in [1.807, 2.05) is 11.9 Å². The molecule has 1 heterocycles. The standard InChI is InChI=1S/C11H21NO3/c1-8(10(13)14)12(4)7-9-5-6-11(2,3)15-9/h8-9H,5-7H2,1-4H3,(H,13,14). The van der Waals surface area contributed by atoms with Crippen LogP contribution in [0.2, 0.25) is 0 Å². The smallest absolute Gasteiger partial charge is 0.320 e. The Kier molecular flexibility index (Phi) is 3.73. The molecule has 15 heavy (non-hydrogen) atoms. The third kappa shape index (κ3) is 3.47. The van der Waals surface area contributed by atoms with Crippen LogP contribution >= 0.6 is 0 Å². The molecule has 0 aromatic heterocycles. The van der Waals surface area contributed by atoms with E-state index in [-0.39, 0.29) is 11.7 Å². The Morgan fingerprint density at radius 1 is 1.67 bits per heavy atom. The number of likely N-dealkylation sites (N-methyl/N-ethyl adjacent to an activating group) is 1. The van der Waals surface area contributed by atoms with Gasteiger partial charge in [-0.15, -0.1) is 0 Å². The number of hydrogen-bond acceptors (Lipinski definition) is 3. The molecular weight excluding hydrogens is 194 g/mol.